The molecule has 1 heterocycles. The Bertz CT molecular complexity index is 592. The van der Waals surface area contributed by atoms with Crippen molar-refractivity contribution < 1.29 is 9.90 Å². The number of hydrogen-bond donors (Lipinski definition) is 2. The van der Waals surface area contributed by atoms with E-state index in [0.29, 0.717) is 17.7 Å². The molecule has 98 valence electrons. The van der Waals surface area contributed by atoms with Gasteiger partial charge in [-0.15, -0.1) is 0 Å². The maximum Gasteiger partial charge on any atom is 0.251 e. The third-order valence-electron chi connectivity index (χ3n) is 2.88. The molecule has 0 saturated carbocycles. The summed E-state index contributed by atoms with van der Waals surface area (Å²) in [5, 5.41) is 12.2. The van der Waals surface area contributed by atoms with E-state index in [9.17, 15) is 9.90 Å². The highest BCUT2D eigenvalue weighted by atomic mass is 16.3. The van der Waals surface area contributed by atoms with Crippen molar-refractivity contribution in [2.45, 2.75) is 20.4 Å². The summed E-state index contributed by atoms with van der Waals surface area (Å²) in [6.45, 7) is 4.11. The third kappa shape index (κ3) is 3.31. The number of carbonyl (C=O) groups is 1. The number of benzene rings is 1. The molecule has 0 aliphatic carbocycles. The molecular formula is C15H16N2O2. The first kappa shape index (κ1) is 13.1. The second-order valence-corrected chi connectivity index (χ2v) is 4.49. The van der Waals surface area contributed by atoms with Gasteiger partial charge in [0.15, 0.2) is 0 Å². The number of nitrogens with one attached hydrogen (secondary N) is 1. The summed E-state index contributed by atoms with van der Waals surface area (Å²) in [5.41, 5.74) is 3.12. The fourth-order valence-electron chi connectivity index (χ4n) is 1.68. The van der Waals surface area contributed by atoms with Gasteiger partial charge in [-0.2, -0.15) is 0 Å². The molecule has 0 saturated heterocycles. The highest BCUT2D eigenvalue weighted by Crippen LogP contribution is 2.16. The molecule has 4 nitrogen and oxygen atoms in total. The number of amides is 1. The molecule has 0 atom stereocenters. The van der Waals surface area contributed by atoms with Crippen LogP contribution in [0.3, 0.4) is 0 Å². The number of rotatable bonds is 3. The van der Waals surface area contributed by atoms with Crippen LogP contribution >= 0.6 is 0 Å². The maximum absolute atomic E-state index is 11.9. The number of pyridine rings is 1. The Morgan fingerprint density at radius 1 is 1.26 bits per heavy atom. The lowest BCUT2D eigenvalue weighted by molar-refractivity contribution is 0.0951. The van der Waals surface area contributed by atoms with Crippen molar-refractivity contribution in [2.75, 3.05) is 0 Å². The lowest BCUT2D eigenvalue weighted by Crippen LogP contribution is -2.22. The maximum atomic E-state index is 11.9. The fourth-order valence-corrected chi connectivity index (χ4v) is 1.68. The zero-order chi connectivity index (χ0) is 13.8. The van der Waals surface area contributed by atoms with Gasteiger partial charge in [-0.05, 0) is 49.2 Å². The molecule has 4 heteroatoms. The average molecular weight is 256 g/mol. The highest BCUT2D eigenvalue weighted by Gasteiger charge is 2.07. The van der Waals surface area contributed by atoms with E-state index in [4.69, 9.17) is 0 Å². The number of aromatic nitrogens is 1. The number of hydrogen-bond acceptors (Lipinski definition) is 3. The van der Waals surface area contributed by atoms with Crippen LogP contribution in [0.4, 0.5) is 0 Å². The quantitative estimate of drug-likeness (QED) is 0.886. The van der Waals surface area contributed by atoms with Crippen LogP contribution in [0, 0.1) is 13.8 Å². The molecule has 0 aliphatic heterocycles. The summed E-state index contributed by atoms with van der Waals surface area (Å²) in [5.74, 6) is 0.0305. The lowest BCUT2D eigenvalue weighted by Gasteiger charge is -2.07. The van der Waals surface area contributed by atoms with Gasteiger partial charge >= 0.3 is 0 Å². The van der Waals surface area contributed by atoms with Crippen LogP contribution in [0.2, 0.25) is 0 Å². The van der Waals surface area contributed by atoms with Crippen LogP contribution in [0.1, 0.15) is 27.2 Å². The predicted molar refractivity (Wildman–Crippen MR) is 73.0 cm³/mol. The zero-order valence-electron chi connectivity index (χ0n) is 11.0. The molecule has 2 aromatic rings. The Kier molecular flexibility index (Phi) is 3.80. The van der Waals surface area contributed by atoms with Crippen LogP contribution < -0.4 is 5.32 Å². The Balaban J connectivity index is 2.01. The fraction of sp³-hybridized carbons (Fsp3) is 0.200. The molecule has 1 amide bonds. The van der Waals surface area contributed by atoms with E-state index in [1.807, 2.05) is 19.1 Å². The van der Waals surface area contributed by atoms with Gasteiger partial charge in [0.05, 0.1) is 0 Å². The Morgan fingerprint density at radius 3 is 2.68 bits per heavy atom. The molecule has 1 aromatic carbocycles. The zero-order valence-corrected chi connectivity index (χ0v) is 11.0. The minimum absolute atomic E-state index is 0.163. The molecule has 0 bridgehead atoms. The molecular weight excluding hydrogens is 240 g/mol. The smallest absolute Gasteiger partial charge is 0.251 e. The SMILES string of the molecule is Cc1ccc(CNC(=O)c2ccc(O)c(C)c2)cn1. The summed E-state index contributed by atoms with van der Waals surface area (Å²) >= 11 is 0. The van der Waals surface area contributed by atoms with Gasteiger partial charge in [0.1, 0.15) is 5.75 Å². The van der Waals surface area contributed by atoms with Gasteiger partial charge in [0.25, 0.3) is 5.91 Å². The van der Waals surface area contributed by atoms with Crippen molar-refractivity contribution in [3.63, 3.8) is 0 Å². The molecule has 0 spiro atoms. The van der Waals surface area contributed by atoms with Crippen LogP contribution in [0.15, 0.2) is 36.5 Å². The van der Waals surface area contributed by atoms with Crippen LogP contribution in [0.5, 0.6) is 5.75 Å². The van der Waals surface area contributed by atoms with Gasteiger partial charge < -0.3 is 10.4 Å². The van der Waals surface area contributed by atoms with E-state index in [-0.39, 0.29) is 11.7 Å². The van der Waals surface area contributed by atoms with Crippen LogP contribution in [-0.2, 0) is 6.54 Å². The minimum Gasteiger partial charge on any atom is -0.508 e. The first-order valence-electron chi connectivity index (χ1n) is 6.05. The predicted octanol–water partition coefficient (Wildman–Crippen LogP) is 2.33. The second-order valence-electron chi connectivity index (χ2n) is 4.49. The van der Waals surface area contributed by atoms with Crippen LogP contribution in [0.25, 0.3) is 0 Å². The number of aryl methyl sites for hydroxylation is 2. The largest absolute Gasteiger partial charge is 0.508 e. The average Bonchev–Trinajstić information content (AvgIpc) is 2.41. The van der Waals surface area contributed by atoms with Gasteiger partial charge in [-0.1, -0.05) is 6.07 Å². The van der Waals surface area contributed by atoms with E-state index in [2.05, 4.69) is 10.3 Å². The van der Waals surface area contributed by atoms with Crippen molar-refractivity contribution in [1.29, 1.82) is 0 Å². The standard InChI is InChI=1S/C15H16N2O2/c1-10-7-13(5-6-14(10)18)15(19)17-9-12-4-3-11(2)16-8-12/h3-8,18H,9H2,1-2H3,(H,17,19). The third-order valence-corrected chi connectivity index (χ3v) is 2.88. The first-order chi connectivity index (χ1) is 9.06. The van der Waals surface area contributed by atoms with Crippen molar-refractivity contribution in [1.82, 2.24) is 10.3 Å². The Labute approximate surface area is 112 Å². The van der Waals surface area contributed by atoms with E-state index < -0.39 is 0 Å². The number of phenolic OH excluding ortho intramolecular Hbond substituents is 1. The summed E-state index contributed by atoms with van der Waals surface area (Å²) in [7, 11) is 0. The van der Waals surface area contributed by atoms with Crippen LogP contribution in [-0.4, -0.2) is 16.0 Å². The monoisotopic (exact) mass is 256 g/mol. The summed E-state index contributed by atoms with van der Waals surface area (Å²) < 4.78 is 0. The minimum atomic E-state index is -0.163. The molecule has 2 rings (SSSR count). The molecule has 0 unspecified atom stereocenters. The molecule has 2 N–H and O–H groups in total. The van der Waals surface area contributed by atoms with E-state index in [1.165, 1.54) is 6.07 Å². The molecule has 0 radical (unpaired) electrons. The molecule has 19 heavy (non-hydrogen) atoms. The van der Waals surface area contributed by atoms with Crippen molar-refractivity contribution in [3.8, 4) is 5.75 Å². The van der Waals surface area contributed by atoms with Gasteiger partial charge in [0.2, 0.25) is 0 Å². The lowest BCUT2D eigenvalue weighted by atomic mass is 10.1. The number of phenols is 1. The van der Waals surface area contributed by atoms with Gasteiger partial charge in [-0.3, -0.25) is 9.78 Å². The summed E-state index contributed by atoms with van der Waals surface area (Å²) in [6, 6.07) is 8.64. The van der Waals surface area contributed by atoms with Gasteiger partial charge in [-0.25, -0.2) is 0 Å². The second kappa shape index (κ2) is 5.52. The Hall–Kier alpha value is -2.36. The normalized spacial score (nSPS) is 10.2. The van der Waals surface area contributed by atoms with E-state index >= 15 is 0 Å². The van der Waals surface area contributed by atoms with Crippen molar-refractivity contribution in [2.24, 2.45) is 0 Å². The topological polar surface area (TPSA) is 62.2 Å². The molecule has 0 aliphatic rings. The highest BCUT2D eigenvalue weighted by molar-refractivity contribution is 5.94. The van der Waals surface area contributed by atoms with Crippen molar-refractivity contribution in [3.05, 3.63) is 58.9 Å². The van der Waals surface area contributed by atoms with Gasteiger partial charge in [0, 0.05) is 24.0 Å². The number of nitrogens with zero attached hydrogens (tertiary/aromatic N) is 1. The molecule has 0 fully saturated rings. The number of aromatic hydroxyl groups is 1. The Morgan fingerprint density at radius 2 is 2.05 bits per heavy atom. The first-order valence-corrected chi connectivity index (χ1v) is 6.05. The summed E-state index contributed by atoms with van der Waals surface area (Å²) in [6.07, 6.45) is 1.75. The van der Waals surface area contributed by atoms with Crippen molar-refractivity contribution >= 4 is 5.91 Å². The van der Waals surface area contributed by atoms with E-state index in [1.54, 1.807) is 25.3 Å². The summed E-state index contributed by atoms with van der Waals surface area (Å²) in [4.78, 5) is 16.1. The molecule has 1 aromatic heterocycles. The number of carbonyl (C=O) groups excluding carboxylic acids is 1. The van der Waals surface area contributed by atoms with E-state index in [0.717, 1.165) is 11.3 Å².